The Kier molecular flexibility index (Phi) is 4.63. The molecule has 1 aliphatic rings. The molecule has 18 heavy (non-hydrogen) atoms. The Morgan fingerprint density at radius 1 is 1.33 bits per heavy atom. The molecule has 5 heteroatoms. The Morgan fingerprint density at radius 2 is 2.17 bits per heavy atom. The first-order valence-corrected chi connectivity index (χ1v) is 6.10. The quantitative estimate of drug-likeness (QED) is 0.891. The van der Waals surface area contributed by atoms with Crippen molar-refractivity contribution < 1.29 is 18.6 Å². The molecule has 3 nitrogen and oxygen atoms in total. The Labute approximate surface area is 105 Å². The van der Waals surface area contributed by atoms with Gasteiger partial charge >= 0.3 is 0 Å². The summed E-state index contributed by atoms with van der Waals surface area (Å²) in [5, 5.41) is 8.80. The number of hydrogen-bond acceptors (Lipinski definition) is 3. The highest BCUT2D eigenvalue weighted by atomic mass is 19.2. The molecule has 1 aliphatic heterocycles. The zero-order valence-electron chi connectivity index (χ0n) is 10.1. The Bertz CT molecular complexity index is 401. The average Bonchev–Trinajstić information content (AvgIpc) is 2.40. The van der Waals surface area contributed by atoms with Crippen molar-refractivity contribution in [1.29, 1.82) is 0 Å². The second-order valence-corrected chi connectivity index (χ2v) is 4.41. The Hall–Kier alpha value is -1.04. The largest absolute Gasteiger partial charge is 0.396 e. The average molecular weight is 257 g/mol. The second-order valence-electron chi connectivity index (χ2n) is 4.41. The molecule has 0 amide bonds. The monoisotopic (exact) mass is 257 g/mol. The zero-order valence-corrected chi connectivity index (χ0v) is 10.1. The van der Waals surface area contributed by atoms with Gasteiger partial charge in [-0.2, -0.15) is 0 Å². The van der Waals surface area contributed by atoms with Gasteiger partial charge in [0, 0.05) is 26.2 Å². The zero-order chi connectivity index (χ0) is 13.0. The lowest BCUT2D eigenvalue weighted by atomic mass is 10.1. The first kappa shape index (κ1) is 13.4. The van der Waals surface area contributed by atoms with Crippen LogP contribution in [-0.4, -0.2) is 42.9 Å². The summed E-state index contributed by atoms with van der Waals surface area (Å²) in [6.07, 6.45) is 0.484. The molecular weight excluding hydrogens is 240 g/mol. The maximum atomic E-state index is 13.2. The molecular formula is C13H17F2NO2. The molecule has 100 valence electrons. The van der Waals surface area contributed by atoms with Crippen LogP contribution in [0.1, 0.15) is 18.1 Å². The van der Waals surface area contributed by atoms with Gasteiger partial charge in [-0.15, -0.1) is 0 Å². The molecule has 0 bridgehead atoms. The highest BCUT2D eigenvalue weighted by Crippen LogP contribution is 2.23. The molecule has 0 aliphatic carbocycles. The minimum Gasteiger partial charge on any atom is -0.396 e. The van der Waals surface area contributed by atoms with Gasteiger partial charge in [0.15, 0.2) is 11.6 Å². The van der Waals surface area contributed by atoms with Crippen LogP contribution in [0, 0.1) is 11.6 Å². The van der Waals surface area contributed by atoms with Gasteiger partial charge in [-0.25, -0.2) is 8.78 Å². The van der Waals surface area contributed by atoms with Crippen LogP contribution in [0.3, 0.4) is 0 Å². The third-order valence-electron chi connectivity index (χ3n) is 3.10. The van der Waals surface area contributed by atoms with Gasteiger partial charge in [-0.3, -0.25) is 4.90 Å². The van der Waals surface area contributed by atoms with E-state index in [2.05, 4.69) is 4.90 Å². The summed E-state index contributed by atoms with van der Waals surface area (Å²) >= 11 is 0. The highest BCUT2D eigenvalue weighted by molar-refractivity contribution is 5.20. The minimum absolute atomic E-state index is 0.160. The van der Waals surface area contributed by atoms with Crippen LogP contribution in [0.15, 0.2) is 18.2 Å². The topological polar surface area (TPSA) is 32.7 Å². The van der Waals surface area contributed by atoms with Crippen molar-refractivity contribution in [2.45, 2.75) is 12.5 Å². The van der Waals surface area contributed by atoms with E-state index >= 15 is 0 Å². The van der Waals surface area contributed by atoms with Crippen LogP contribution in [0.4, 0.5) is 8.78 Å². The van der Waals surface area contributed by atoms with Crippen LogP contribution in [0.25, 0.3) is 0 Å². The SMILES string of the molecule is OCCCN1CCOC(c2ccc(F)c(F)c2)C1. The normalized spacial score (nSPS) is 21.2. The number of hydrogen-bond donors (Lipinski definition) is 1. The molecule has 0 spiro atoms. The number of nitrogens with zero attached hydrogens (tertiary/aromatic N) is 1. The van der Waals surface area contributed by atoms with E-state index in [1.165, 1.54) is 6.07 Å². The lowest BCUT2D eigenvalue weighted by molar-refractivity contribution is -0.0314. The van der Waals surface area contributed by atoms with E-state index in [-0.39, 0.29) is 12.7 Å². The summed E-state index contributed by atoms with van der Waals surface area (Å²) in [6.45, 7) is 2.97. The third-order valence-corrected chi connectivity index (χ3v) is 3.10. The van der Waals surface area contributed by atoms with Gasteiger partial charge in [-0.05, 0) is 24.1 Å². The van der Waals surface area contributed by atoms with Gasteiger partial charge < -0.3 is 9.84 Å². The van der Waals surface area contributed by atoms with Gasteiger partial charge in [0.2, 0.25) is 0 Å². The molecule has 2 rings (SSSR count). The predicted molar refractivity (Wildman–Crippen MR) is 63.2 cm³/mol. The molecule has 0 radical (unpaired) electrons. The van der Waals surface area contributed by atoms with Crippen molar-refractivity contribution in [2.24, 2.45) is 0 Å². The Balaban J connectivity index is 2.01. The number of aliphatic hydroxyl groups excluding tert-OH is 1. The number of aliphatic hydroxyl groups is 1. The second kappa shape index (κ2) is 6.22. The third kappa shape index (κ3) is 3.25. The van der Waals surface area contributed by atoms with E-state index < -0.39 is 11.6 Å². The van der Waals surface area contributed by atoms with Gasteiger partial charge in [0.25, 0.3) is 0 Å². The van der Waals surface area contributed by atoms with Crippen molar-refractivity contribution >= 4 is 0 Å². The lowest BCUT2D eigenvalue weighted by Crippen LogP contribution is -2.39. The van der Waals surface area contributed by atoms with Crippen LogP contribution in [-0.2, 0) is 4.74 Å². The summed E-state index contributed by atoms with van der Waals surface area (Å²) in [4.78, 5) is 2.16. The standard InChI is InChI=1S/C13H17F2NO2/c14-11-3-2-10(8-12(11)15)13-9-16(4-1-6-17)5-7-18-13/h2-3,8,13,17H,1,4-7,9H2. The number of benzene rings is 1. The van der Waals surface area contributed by atoms with Crippen LogP contribution >= 0.6 is 0 Å². The number of halogens is 2. The van der Waals surface area contributed by atoms with Crippen molar-refractivity contribution in [2.75, 3.05) is 32.8 Å². The number of morpholine rings is 1. The molecule has 0 saturated carbocycles. The molecule has 1 fully saturated rings. The predicted octanol–water partition coefficient (Wildman–Crippen LogP) is 1.72. The maximum absolute atomic E-state index is 13.2. The fraction of sp³-hybridized carbons (Fsp3) is 0.538. The highest BCUT2D eigenvalue weighted by Gasteiger charge is 2.22. The molecule has 1 heterocycles. The fourth-order valence-corrected chi connectivity index (χ4v) is 2.11. The first-order valence-electron chi connectivity index (χ1n) is 6.10. The molecule has 1 saturated heterocycles. The number of ether oxygens (including phenoxy) is 1. The fourth-order valence-electron chi connectivity index (χ4n) is 2.11. The molecule has 0 aromatic heterocycles. The Morgan fingerprint density at radius 3 is 2.89 bits per heavy atom. The summed E-state index contributed by atoms with van der Waals surface area (Å²) in [6, 6.07) is 3.87. The van der Waals surface area contributed by atoms with Gasteiger partial charge in [0.05, 0.1) is 12.7 Å². The molecule has 1 N–H and O–H groups in total. The van der Waals surface area contributed by atoms with Gasteiger partial charge in [0.1, 0.15) is 0 Å². The lowest BCUT2D eigenvalue weighted by Gasteiger charge is -2.33. The maximum Gasteiger partial charge on any atom is 0.159 e. The van der Waals surface area contributed by atoms with E-state index in [1.54, 1.807) is 6.07 Å². The number of rotatable bonds is 4. The first-order chi connectivity index (χ1) is 8.70. The van der Waals surface area contributed by atoms with Crippen LogP contribution in [0.5, 0.6) is 0 Å². The van der Waals surface area contributed by atoms with E-state index in [0.717, 1.165) is 19.2 Å². The molecule has 1 aromatic carbocycles. The smallest absolute Gasteiger partial charge is 0.159 e. The van der Waals surface area contributed by atoms with Crippen LogP contribution in [0.2, 0.25) is 0 Å². The molecule has 1 atom stereocenters. The molecule has 1 aromatic rings. The van der Waals surface area contributed by atoms with Crippen LogP contribution < -0.4 is 0 Å². The van der Waals surface area contributed by atoms with E-state index in [4.69, 9.17) is 9.84 Å². The van der Waals surface area contributed by atoms with Crippen molar-refractivity contribution in [1.82, 2.24) is 4.90 Å². The summed E-state index contributed by atoms with van der Waals surface area (Å²) in [7, 11) is 0. The van der Waals surface area contributed by atoms with Crippen molar-refractivity contribution in [3.05, 3.63) is 35.4 Å². The minimum atomic E-state index is -0.844. The van der Waals surface area contributed by atoms with E-state index in [9.17, 15) is 8.78 Å². The van der Waals surface area contributed by atoms with Gasteiger partial charge in [-0.1, -0.05) is 6.07 Å². The summed E-state index contributed by atoms with van der Waals surface area (Å²) < 4.78 is 31.6. The summed E-state index contributed by atoms with van der Waals surface area (Å²) in [5.74, 6) is -1.68. The van der Waals surface area contributed by atoms with E-state index in [1.807, 2.05) is 0 Å². The molecule has 1 unspecified atom stereocenters. The van der Waals surface area contributed by atoms with E-state index in [0.29, 0.717) is 25.1 Å². The summed E-state index contributed by atoms with van der Waals surface area (Å²) in [5.41, 5.74) is 0.655. The van der Waals surface area contributed by atoms with Crippen molar-refractivity contribution in [3.63, 3.8) is 0 Å². The van der Waals surface area contributed by atoms with Crippen molar-refractivity contribution in [3.8, 4) is 0 Å².